The fourth-order valence-corrected chi connectivity index (χ4v) is 3.94. The van der Waals surface area contributed by atoms with Crippen molar-refractivity contribution in [1.82, 2.24) is 9.88 Å². The summed E-state index contributed by atoms with van der Waals surface area (Å²) in [6.07, 6.45) is 2.31. The molecule has 5 nitrogen and oxygen atoms in total. The van der Waals surface area contributed by atoms with Crippen LogP contribution in [0.4, 0.5) is 0 Å². The van der Waals surface area contributed by atoms with Crippen LogP contribution in [0.2, 0.25) is 0 Å². The monoisotopic (exact) mass is 309 g/mol. The van der Waals surface area contributed by atoms with Gasteiger partial charge in [0.2, 0.25) is 5.91 Å². The fraction of sp³-hybridized carbons (Fsp3) is 0.444. The van der Waals surface area contributed by atoms with E-state index in [4.69, 9.17) is 4.74 Å². The molecule has 1 saturated heterocycles. The van der Waals surface area contributed by atoms with E-state index in [2.05, 4.69) is 11.4 Å². The molecule has 1 aromatic carbocycles. The van der Waals surface area contributed by atoms with Crippen LogP contribution in [0.5, 0.6) is 0 Å². The summed E-state index contributed by atoms with van der Waals surface area (Å²) in [5.41, 5.74) is 2.44. The van der Waals surface area contributed by atoms with E-state index in [0.29, 0.717) is 17.6 Å². The molecule has 1 aliphatic carbocycles. The number of fused-ring (bicyclic) bond motifs is 2. The largest absolute Gasteiger partial charge is 0.378 e. The van der Waals surface area contributed by atoms with Gasteiger partial charge in [0.25, 0.3) is 0 Å². The minimum atomic E-state index is 0.00805. The number of benzene rings is 1. The number of hydrogen-bond donors (Lipinski definition) is 1. The van der Waals surface area contributed by atoms with E-state index in [1.54, 1.807) is 0 Å². The van der Waals surface area contributed by atoms with Crippen LogP contribution in [0.25, 0.3) is 10.9 Å². The van der Waals surface area contributed by atoms with Gasteiger partial charge in [-0.15, -0.1) is 0 Å². The Labute approximate surface area is 134 Å². The first kappa shape index (κ1) is 14.3. The van der Waals surface area contributed by atoms with Gasteiger partial charge in [0, 0.05) is 29.6 Å². The van der Waals surface area contributed by atoms with Crippen molar-refractivity contribution >= 4 is 16.8 Å². The predicted octanol–water partition coefficient (Wildman–Crippen LogP) is 2.11. The SMILES string of the molecule is Cc1c(C#N)c2ccccc2n1CC(=O)N[C@H]1C[C@@H]2OCC[C@H]12. The first-order chi connectivity index (χ1) is 11.2. The van der Waals surface area contributed by atoms with Gasteiger partial charge in [0.05, 0.1) is 17.2 Å². The summed E-state index contributed by atoms with van der Waals surface area (Å²) in [7, 11) is 0. The van der Waals surface area contributed by atoms with Crippen molar-refractivity contribution in [3.05, 3.63) is 35.5 Å². The van der Waals surface area contributed by atoms with Crippen molar-refractivity contribution in [3.8, 4) is 6.07 Å². The topological polar surface area (TPSA) is 67.0 Å². The van der Waals surface area contributed by atoms with Gasteiger partial charge in [-0.3, -0.25) is 4.79 Å². The Morgan fingerprint density at radius 2 is 2.30 bits per heavy atom. The molecule has 1 aromatic heterocycles. The molecule has 1 N–H and O–H groups in total. The molecule has 3 atom stereocenters. The van der Waals surface area contributed by atoms with Crippen LogP contribution in [0.3, 0.4) is 0 Å². The van der Waals surface area contributed by atoms with Crippen LogP contribution in [0.15, 0.2) is 24.3 Å². The summed E-state index contributed by atoms with van der Waals surface area (Å²) in [4.78, 5) is 12.4. The molecule has 2 heterocycles. The van der Waals surface area contributed by atoms with Gasteiger partial charge in [0.1, 0.15) is 12.6 Å². The maximum atomic E-state index is 12.4. The highest BCUT2D eigenvalue weighted by Crippen LogP contribution is 2.38. The highest BCUT2D eigenvalue weighted by Gasteiger charge is 2.45. The lowest BCUT2D eigenvalue weighted by molar-refractivity contribution is -0.124. The molecule has 0 unspecified atom stereocenters. The first-order valence-electron chi connectivity index (χ1n) is 8.08. The van der Waals surface area contributed by atoms with Gasteiger partial charge in [-0.05, 0) is 25.8 Å². The van der Waals surface area contributed by atoms with Crippen molar-refractivity contribution in [2.75, 3.05) is 6.61 Å². The van der Waals surface area contributed by atoms with Crippen LogP contribution in [0, 0.1) is 24.2 Å². The summed E-state index contributed by atoms with van der Waals surface area (Å²) in [5, 5.41) is 13.4. The third kappa shape index (κ3) is 2.22. The lowest BCUT2D eigenvalue weighted by Gasteiger charge is -2.39. The molecule has 2 fully saturated rings. The number of rotatable bonds is 3. The van der Waals surface area contributed by atoms with Crippen LogP contribution >= 0.6 is 0 Å². The molecule has 5 heteroatoms. The second kappa shape index (κ2) is 5.39. The third-order valence-corrected chi connectivity index (χ3v) is 5.25. The summed E-state index contributed by atoms with van der Waals surface area (Å²) in [6, 6.07) is 10.2. The molecule has 0 bridgehead atoms. The van der Waals surface area contributed by atoms with E-state index < -0.39 is 0 Å². The highest BCUT2D eigenvalue weighted by molar-refractivity contribution is 5.89. The third-order valence-electron chi connectivity index (χ3n) is 5.25. The standard InChI is InChI=1S/C18H19N3O2/c1-11-14(9-19)12-4-2-3-5-16(12)21(11)10-18(22)20-15-8-17-13(15)6-7-23-17/h2-5,13,15,17H,6-8,10H2,1H3,(H,20,22)/t13-,15+,17+/m1/s1. The van der Waals surface area contributed by atoms with Gasteiger partial charge >= 0.3 is 0 Å². The molecule has 1 saturated carbocycles. The fourth-order valence-electron chi connectivity index (χ4n) is 3.94. The number of hydrogen-bond acceptors (Lipinski definition) is 3. The zero-order chi connectivity index (χ0) is 16.0. The molecular weight excluding hydrogens is 290 g/mol. The van der Waals surface area contributed by atoms with E-state index >= 15 is 0 Å². The van der Waals surface area contributed by atoms with Crippen LogP contribution < -0.4 is 5.32 Å². The first-order valence-corrected chi connectivity index (χ1v) is 8.08. The average Bonchev–Trinajstić information content (AvgIpc) is 3.04. The van der Waals surface area contributed by atoms with Gasteiger partial charge in [-0.25, -0.2) is 0 Å². The van der Waals surface area contributed by atoms with Crippen molar-refractivity contribution in [2.45, 2.75) is 38.5 Å². The zero-order valence-electron chi connectivity index (χ0n) is 13.1. The van der Waals surface area contributed by atoms with E-state index in [1.165, 1.54) is 0 Å². The molecule has 0 spiro atoms. The minimum Gasteiger partial charge on any atom is -0.378 e. The number of carbonyl (C=O) groups is 1. The normalized spacial score (nSPS) is 25.7. The van der Waals surface area contributed by atoms with Gasteiger partial charge < -0.3 is 14.6 Å². The Morgan fingerprint density at radius 1 is 1.48 bits per heavy atom. The van der Waals surface area contributed by atoms with Gasteiger partial charge in [-0.1, -0.05) is 18.2 Å². The number of nitrogens with zero attached hydrogens (tertiary/aromatic N) is 2. The second-order valence-electron chi connectivity index (χ2n) is 6.45. The lowest BCUT2D eigenvalue weighted by atomic mass is 9.76. The van der Waals surface area contributed by atoms with Gasteiger partial charge in [-0.2, -0.15) is 5.26 Å². The average molecular weight is 309 g/mol. The van der Waals surface area contributed by atoms with Crippen molar-refractivity contribution < 1.29 is 9.53 Å². The van der Waals surface area contributed by atoms with Crippen molar-refractivity contribution in [2.24, 2.45) is 5.92 Å². The van der Waals surface area contributed by atoms with Crippen molar-refractivity contribution in [1.29, 1.82) is 5.26 Å². The molecule has 2 aliphatic rings. The van der Waals surface area contributed by atoms with E-state index in [1.807, 2.05) is 35.8 Å². The summed E-state index contributed by atoms with van der Waals surface area (Å²) >= 11 is 0. The zero-order valence-corrected chi connectivity index (χ0v) is 13.1. The molecule has 1 amide bonds. The summed E-state index contributed by atoms with van der Waals surface area (Å²) < 4.78 is 7.52. The maximum absolute atomic E-state index is 12.4. The minimum absolute atomic E-state index is 0.00805. The molecular formula is C18H19N3O2. The molecule has 2 aromatic rings. The molecule has 23 heavy (non-hydrogen) atoms. The highest BCUT2D eigenvalue weighted by atomic mass is 16.5. The molecule has 1 aliphatic heterocycles. The summed E-state index contributed by atoms with van der Waals surface area (Å²) in [5.74, 6) is 0.491. The molecule has 0 radical (unpaired) electrons. The molecule has 118 valence electrons. The van der Waals surface area contributed by atoms with E-state index in [-0.39, 0.29) is 18.5 Å². The number of para-hydroxylation sites is 1. The number of ether oxygens (including phenoxy) is 1. The second-order valence-corrected chi connectivity index (χ2v) is 6.45. The number of amides is 1. The number of aromatic nitrogens is 1. The number of nitrogens with one attached hydrogen (secondary N) is 1. The van der Waals surface area contributed by atoms with Crippen LogP contribution in [-0.2, 0) is 16.1 Å². The summed E-state index contributed by atoms with van der Waals surface area (Å²) in [6.45, 7) is 2.97. The van der Waals surface area contributed by atoms with Crippen LogP contribution in [0.1, 0.15) is 24.1 Å². The lowest BCUT2D eigenvalue weighted by Crippen LogP contribution is -2.54. The van der Waals surface area contributed by atoms with Crippen LogP contribution in [-0.4, -0.2) is 29.2 Å². The Balaban J connectivity index is 1.55. The quantitative estimate of drug-likeness (QED) is 0.944. The van der Waals surface area contributed by atoms with Crippen molar-refractivity contribution in [3.63, 3.8) is 0 Å². The van der Waals surface area contributed by atoms with Gasteiger partial charge in [0.15, 0.2) is 0 Å². The molecule has 4 rings (SSSR count). The van der Waals surface area contributed by atoms with E-state index in [9.17, 15) is 10.1 Å². The number of nitriles is 1. The Hall–Kier alpha value is -2.32. The predicted molar refractivity (Wildman–Crippen MR) is 85.8 cm³/mol. The maximum Gasteiger partial charge on any atom is 0.240 e. The van der Waals surface area contributed by atoms with E-state index in [0.717, 1.165) is 36.0 Å². The Bertz CT molecular complexity index is 818. The number of carbonyl (C=O) groups excluding carboxylic acids is 1. The smallest absolute Gasteiger partial charge is 0.240 e. The Kier molecular flexibility index (Phi) is 3.35. The Morgan fingerprint density at radius 3 is 3.09 bits per heavy atom.